The molecule has 1 aromatic rings. The van der Waals surface area contributed by atoms with E-state index in [9.17, 15) is 13.2 Å². The van der Waals surface area contributed by atoms with Crippen LogP contribution in [0.15, 0.2) is 27.6 Å². The summed E-state index contributed by atoms with van der Waals surface area (Å²) in [5, 5.41) is 0. The number of rotatable bonds is 3. The van der Waals surface area contributed by atoms with Gasteiger partial charge in [-0.15, -0.1) is 0 Å². The van der Waals surface area contributed by atoms with Gasteiger partial charge in [0.1, 0.15) is 6.61 Å². The Morgan fingerprint density at radius 2 is 2.06 bits per heavy atom. The summed E-state index contributed by atoms with van der Waals surface area (Å²) < 4.78 is 27.5. The molecule has 4 nitrogen and oxygen atoms in total. The summed E-state index contributed by atoms with van der Waals surface area (Å²) in [6.07, 6.45) is 0. The van der Waals surface area contributed by atoms with Crippen LogP contribution in [0.2, 0.25) is 0 Å². The van der Waals surface area contributed by atoms with Gasteiger partial charge in [0.05, 0.1) is 4.90 Å². The van der Waals surface area contributed by atoms with Crippen molar-refractivity contribution in [3.05, 3.63) is 28.2 Å². The van der Waals surface area contributed by atoms with Gasteiger partial charge < -0.3 is 4.74 Å². The Balaban J connectivity index is 3.04. The average Bonchev–Trinajstić information content (AvgIpc) is 2.12. The van der Waals surface area contributed by atoms with Crippen molar-refractivity contribution >= 4 is 41.6 Å². The average molecular weight is 328 g/mol. The Labute approximate surface area is 106 Å². The molecule has 0 bridgehead atoms. The third-order valence-electron chi connectivity index (χ3n) is 1.65. The van der Waals surface area contributed by atoms with Crippen LogP contribution in [0.5, 0.6) is 0 Å². The van der Waals surface area contributed by atoms with Gasteiger partial charge in [-0.3, -0.25) is 4.79 Å². The highest BCUT2D eigenvalue weighted by atomic mass is 79.9. The number of esters is 1. The summed E-state index contributed by atoms with van der Waals surface area (Å²) in [5.41, 5.74) is 0.545. The molecule has 1 rings (SSSR count). The first kappa shape index (κ1) is 13.5. The van der Waals surface area contributed by atoms with Gasteiger partial charge in [-0.1, -0.05) is 15.9 Å². The Kier molecular flexibility index (Phi) is 4.35. The first-order valence-electron chi connectivity index (χ1n) is 4.16. The van der Waals surface area contributed by atoms with Crippen molar-refractivity contribution in [1.29, 1.82) is 0 Å². The molecule has 0 aliphatic heterocycles. The molecule has 0 atom stereocenters. The number of carbonyl (C=O) groups excluding carboxylic acids is 1. The second-order valence-corrected chi connectivity index (χ2v) is 6.49. The molecule has 0 N–H and O–H groups in total. The highest BCUT2D eigenvalue weighted by Gasteiger charge is 2.12. The Hall–Kier alpha value is -0.590. The number of carbonyl (C=O) groups is 1. The van der Waals surface area contributed by atoms with Crippen molar-refractivity contribution in [1.82, 2.24) is 0 Å². The minimum absolute atomic E-state index is 0.00812. The summed E-state index contributed by atoms with van der Waals surface area (Å²) in [6, 6.07) is 4.38. The van der Waals surface area contributed by atoms with Crippen molar-refractivity contribution in [3.8, 4) is 0 Å². The summed E-state index contributed by atoms with van der Waals surface area (Å²) in [7, 11) is 1.42. The van der Waals surface area contributed by atoms with E-state index >= 15 is 0 Å². The van der Waals surface area contributed by atoms with E-state index in [2.05, 4.69) is 15.9 Å². The van der Waals surface area contributed by atoms with E-state index in [0.717, 1.165) is 0 Å². The molecule has 1 aromatic carbocycles. The lowest BCUT2D eigenvalue weighted by molar-refractivity contribution is -0.142. The SMILES string of the molecule is CC(=O)OCc1cc(Br)cc(S(=O)(=O)Cl)c1. The van der Waals surface area contributed by atoms with E-state index < -0.39 is 15.0 Å². The molecule has 7 heteroatoms. The van der Waals surface area contributed by atoms with Gasteiger partial charge in [0.25, 0.3) is 9.05 Å². The van der Waals surface area contributed by atoms with E-state index in [-0.39, 0.29) is 11.5 Å². The van der Waals surface area contributed by atoms with Crippen LogP contribution in [0.1, 0.15) is 12.5 Å². The number of hydrogen-bond donors (Lipinski definition) is 0. The normalized spacial score (nSPS) is 11.2. The Morgan fingerprint density at radius 1 is 1.44 bits per heavy atom. The third-order valence-corrected chi connectivity index (χ3v) is 3.45. The molecule has 0 heterocycles. The lowest BCUT2D eigenvalue weighted by Gasteiger charge is -2.05. The third kappa shape index (κ3) is 4.11. The lowest BCUT2D eigenvalue weighted by Crippen LogP contribution is -2.00. The van der Waals surface area contributed by atoms with E-state index in [0.29, 0.717) is 10.0 Å². The van der Waals surface area contributed by atoms with Crippen LogP contribution >= 0.6 is 26.6 Å². The first-order valence-corrected chi connectivity index (χ1v) is 7.27. The monoisotopic (exact) mass is 326 g/mol. The van der Waals surface area contributed by atoms with Crippen LogP contribution in [0.3, 0.4) is 0 Å². The fourth-order valence-corrected chi connectivity index (χ4v) is 2.55. The number of benzene rings is 1. The van der Waals surface area contributed by atoms with Crippen molar-refractivity contribution in [2.45, 2.75) is 18.4 Å². The molecule has 0 aromatic heterocycles. The zero-order valence-corrected chi connectivity index (χ0v) is 11.4. The lowest BCUT2D eigenvalue weighted by atomic mass is 10.2. The van der Waals surface area contributed by atoms with Crippen molar-refractivity contribution in [3.63, 3.8) is 0 Å². The van der Waals surface area contributed by atoms with Gasteiger partial charge in [-0.2, -0.15) is 0 Å². The van der Waals surface area contributed by atoms with E-state index in [1.165, 1.54) is 19.1 Å². The Bertz CT molecular complexity index is 512. The van der Waals surface area contributed by atoms with Crippen LogP contribution < -0.4 is 0 Å². The number of ether oxygens (including phenoxy) is 1. The van der Waals surface area contributed by atoms with Crippen molar-refractivity contribution in [2.75, 3.05) is 0 Å². The van der Waals surface area contributed by atoms with Crippen LogP contribution in [-0.2, 0) is 25.2 Å². The van der Waals surface area contributed by atoms with Crippen LogP contribution in [0.25, 0.3) is 0 Å². The molecule has 0 aliphatic rings. The highest BCUT2D eigenvalue weighted by molar-refractivity contribution is 9.10. The number of hydrogen-bond acceptors (Lipinski definition) is 4. The van der Waals surface area contributed by atoms with E-state index in [4.69, 9.17) is 15.4 Å². The molecule has 0 saturated carbocycles. The van der Waals surface area contributed by atoms with Crippen molar-refractivity contribution < 1.29 is 17.9 Å². The van der Waals surface area contributed by atoms with E-state index in [1.807, 2.05) is 0 Å². The second-order valence-electron chi connectivity index (χ2n) is 3.01. The van der Waals surface area contributed by atoms with E-state index in [1.54, 1.807) is 6.07 Å². The van der Waals surface area contributed by atoms with Crippen LogP contribution in [0.4, 0.5) is 0 Å². The fourth-order valence-electron chi connectivity index (χ4n) is 1.03. The predicted octanol–water partition coefficient (Wildman–Crippen LogP) is 2.44. The topological polar surface area (TPSA) is 60.4 Å². The van der Waals surface area contributed by atoms with Crippen LogP contribution in [0, 0.1) is 0 Å². The Morgan fingerprint density at radius 3 is 2.56 bits per heavy atom. The van der Waals surface area contributed by atoms with Gasteiger partial charge in [0, 0.05) is 22.1 Å². The first-order chi connectivity index (χ1) is 7.29. The maximum Gasteiger partial charge on any atom is 0.302 e. The maximum absolute atomic E-state index is 11.1. The maximum atomic E-state index is 11.1. The zero-order valence-electron chi connectivity index (χ0n) is 8.24. The molecule has 0 fully saturated rings. The zero-order chi connectivity index (χ0) is 12.3. The minimum Gasteiger partial charge on any atom is -0.461 e. The summed E-state index contributed by atoms with van der Waals surface area (Å²) in [4.78, 5) is 10.6. The quantitative estimate of drug-likeness (QED) is 0.632. The summed E-state index contributed by atoms with van der Waals surface area (Å²) >= 11 is 3.15. The molecule has 16 heavy (non-hydrogen) atoms. The van der Waals surface area contributed by atoms with Gasteiger partial charge >= 0.3 is 5.97 Å². The van der Waals surface area contributed by atoms with Gasteiger partial charge in [0.2, 0.25) is 0 Å². The molecule has 0 spiro atoms. The molecule has 0 unspecified atom stereocenters. The van der Waals surface area contributed by atoms with Gasteiger partial charge in [-0.05, 0) is 23.8 Å². The standard InChI is InChI=1S/C9H8BrClO4S/c1-6(12)15-5-7-2-8(10)4-9(3-7)16(11,13)14/h2-4H,5H2,1H3. The summed E-state index contributed by atoms with van der Waals surface area (Å²) in [5.74, 6) is -0.435. The number of halogens is 2. The molecular formula is C9H8BrClO4S. The van der Waals surface area contributed by atoms with Crippen molar-refractivity contribution in [2.24, 2.45) is 0 Å². The predicted molar refractivity (Wildman–Crippen MR) is 62.7 cm³/mol. The summed E-state index contributed by atoms with van der Waals surface area (Å²) in [6.45, 7) is 1.28. The largest absolute Gasteiger partial charge is 0.461 e. The molecule has 88 valence electrons. The molecule has 0 amide bonds. The minimum atomic E-state index is -3.78. The highest BCUT2D eigenvalue weighted by Crippen LogP contribution is 2.22. The smallest absolute Gasteiger partial charge is 0.302 e. The fraction of sp³-hybridized carbons (Fsp3) is 0.222. The molecule has 0 saturated heterocycles. The molecule has 0 aliphatic carbocycles. The van der Waals surface area contributed by atoms with Gasteiger partial charge in [0.15, 0.2) is 0 Å². The second kappa shape index (κ2) is 5.16. The van der Waals surface area contributed by atoms with Gasteiger partial charge in [-0.25, -0.2) is 8.42 Å². The molecule has 0 radical (unpaired) electrons. The molecular weight excluding hydrogens is 320 g/mol. The van der Waals surface area contributed by atoms with Crippen LogP contribution in [-0.4, -0.2) is 14.4 Å².